The third-order valence-electron chi connectivity index (χ3n) is 4.29. The summed E-state index contributed by atoms with van der Waals surface area (Å²) in [5.41, 5.74) is 3.63. The maximum absolute atomic E-state index is 13.7. The molecular formula is C18H16FN3O. The van der Waals surface area contributed by atoms with E-state index >= 15 is 0 Å². The number of halogens is 1. The van der Waals surface area contributed by atoms with Crippen molar-refractivity contribution in [2.24, 2.45) is 0 Å². The average Bonchev–Trinajstić information content (AvgIpc) is 2.94. The van der Waals surface area contributed by atoms with Crippen molar-refractivity contribution in [3.05, 3.63) is 65.6 Å². The zero-order chi connectivity index (χ0) is 15.8. The summed E-state index contributed by atoms with van der Waals surface area (Å²) in [6.07, 6.45) is 0.773. The Morgan fingerprint density at radius 2 is 1.91 bits per heavy atom. The van der Waals surface area contributed by atoms with E-state index in [-0.39, 0.29) is 11.7 Å². The fraction of sp³-hybridized carbons (Fsp3) is 0.167. The number of rotatable bonds is 1. The lowest BCUT2D eigenvalue weighted by molar-refractivity contribution is 0.206. The minimum Gasteiger partial charge on any atom is -0.358 e. The van der Waals surface area contributed by atoms with Crippen LogP contribution in [0.5, 0.6) is 0 Å². The van der Waals surface area contributed by atoms with Crippen LogP contribution < -0.4 is 5.32 Å². The summed E-state index contributed by atoms with van der Waals surface area (Å²) in [4.78, 5) is 17.6. The van der Waals surface area contributed by atoms with E-state index in [0.717, 1.165) is 22.9 Å². The number of benzene rings is 2. The number of nitrogens with zero attached hydrogens (tertiary/aromatic N) is 1. The molecule has 2 amide bonds. The lowest BCUT2D eigenvalue weighted by atomic mass is 10.0. The first-order chi connectivity index (χ1) is 11.2. The van der Waals surface area contributed by atoms with Gasteiger partial charge in [-0.1, -0.05) is 30.3 Å². The summed E-state index contributed by atoms with van der Waals surface area (Å²) < 4.78 is 13.7. The zero-order valence-electron chi connectivity index (χ0n) is 12.5. The summed E-state index contributed by atoms with van der Waals surface area (Å²) in [6, 6.07) is 14.0. The van der Waals surface area contributed by atoms with Crippen molar-refractivity contribution in [3.63, 3.8) is 0 Å². The fourth-order valence-electron chi connectivity index (χ4n) is 3.10. The van der Waals surface area contributed by atoms with Crippen molar-refractivity contribution < 1.29 is 9.18 Å². The van der Waals surface area contributed by atoms with Crippen LogP contribution in [0.15, 0.2) is 48.5 Å². The quantitative estimate of drug-likeness (QED) is 0.704. The molecule has 1 aromatic heterocycles. The molecule has 0 saturated heterocycles. The maximum atomic E-state index is 13.7. The number of hydrogen-bond acceptors (Lipinski definition) is 1. The van der Waals surface area contributed by atoms with Gasteiger partial charge in [-0.2, -0.15) is 0 Å². The molecule has 2 heterocycles. The minimum atomic E-state index is -0.425. The topological polar surface area (TPSA) is 48.1 Å². The molecule has 2 aromatic carbocycles. The third-order valence-corrected chi connectivity index (χ3v) is 4.29. The summed E-state index contributed by atoms with van der Waals surface area (Å²) in [5.74, 6) is -0.425. The van der Waals surface area contributed by atoms with Gasteiger partial charge in [0, 0.05) is 41.7 Å². The Bertz CT molecular complexity index is 887. The van der Waals surface area contributed by atoms with Crippen molar-refractivity contribution in [2.75, 3.05) is 11.9 Å². The van der Waals surface area contributed by atoms with E-state index in [1.807, 2.05) is 18.2 Å². The molecule has 1 aliphatic heterocycles. The SMILES string of the molecule is O=C(Nc1ccccc1F)N1CCc2[nH]c3ccccc3c2C1. The zero-order valence-corrected chi connectivity index (χ0v) is 12.5. The Kier molecular flexibility index (Phi) is 3.26. The van der Waals surface area contributed by atoms with E-state index in [1.165, 1.54) is 11.8 Å². The minimum absolute atomic E-state index is 0.210. The average molecular weight is 309 g/mol. The number of carbonyl (C=O) groups is 1. The van der Waals surface area contributed by atoms with Gasteiger partial charge in [0.25, 0.3) is 0 Å². The highest BCUT2D eigenvalue weighted by Gasteiger charge is 2.24. The van der Waals surface area contributed by atoms with Crippen molar-refractivity contribution in [1.29, 1.82) is 0 Å². The first-order valence-corrected chi connectivity index (χ1v) is 7.61. The molecule has 1 aliphatic rings. The standard InChI is InChI=1S/C18H16FN3O/c19-14-6-2-4-8-17(14)21-18(23)22-10-9-16-13(11-22)12-5-1-3-7-15(12)20-16/h1-8,20H,9-11H2,(H,21,23). The van der Waals surface area contributed by atoms with E-state index < -0.39 is 5.82 Å². The Balaban J connectivity index is 1.58. The molecule has 4 nitrogen and oxygen atoms in total. The van der Waals surface area contributed by atoms with Crippen molar-refractivity contribution in [1.82, 2.24) is 9.88 Å². The van der Waals surface area contributed by atoms with E-state index in [4.69, 9.17) is 0 Å². The highest BCUT2D eigenvalue weighted by atomic mass is 19.1. The van der Waals surface area contributed by atoms with Gasteiger partial charge in [-0.25, -0.2) is 9.18 Å². The Morgan fingerprint density at radius 1 is 1.13 bits per heavy atom. The number of H-pyrrole nitrogens is 1. The lowest BCUT2D eigenvalue weighted by Gasteiger charge is -2.27. The van der Waals surface area contributed by atoms with Crippen LogP contribution in [0.4, 0.5) is 14.9 Å². The summed E-state index contributed by atoms with van der Waals surface area (Å²) in [7, 11) is 0. The van der Waals surface area contributed by atoms with E-state index in [9.17, 15) is 9.18 Å². The van der Waals surface area contributed by atoms with Crippen LogP contribution >= 0.6 is 0 Å². The number of anilines is 1. The predicted octanol–water partition coefficient (Wildman–Crippen LogP) is 3.90. The molecular weight excluding hydrogens is 293 g/mol. The number of amides is 2. The van der Waals surface area contributed by atoms with Gasteiger partial charge in [0.2, 0.25) is 0 Å². The van der Waals surface area contributed by atoms with Gasteiger partial charge in [-0.05, 0) is 18.2 Å². The van der Waals surface area contributed by atoms with Gasteiger partial charge in [0.15, 0.2) is 0 Å². The third kappa shape index (κ3) is 2.44. The number of aromatic amines is 1. The van der Waals surface area contributed by atoms with Crippen LogP contribution in [0.2, 0.25) is 0 Å². The molecule has 3 aromatic rings. The second-order valence-corrected chi connectivity index (χ2v) is 5.71. The predicted molar refractivity (Wildman–Crippen MR) is 87.8 cm³/mol. The first kappa shape index (κ1) is 13.8. The smallest absolute Gasteiger partial charge is 0.322 e. The molecule has 0 atom stereocenters. The molecule has 23 heavy (non-hydrogen) atoms. The molecule has 0 bridgehead atoms. The number of para-hydroxylation sites is 2. The molecule has 2 N–H and O–H groups in total. The number of fused-ring (bicyclic) bond motifs is 3. The number of urea groups is 1. The lowest BCUT2D eigenvalue weighted by Crippen LogP contribution is -2.38. The van der Waals surface area contributed by atoms with Gasteiger partial charge in [0.05, 0.1) is 5.69 Å². The molecule has 0 unspecified atom stereocenters. The van der Waals surface area contributed by atoms with Crippen LogP contribution in [-0.2, 0) is 13.0 Å². The van der Waals surface area contributed by atoms with Gasteiger partial charge < -0.3 is 15.2 Å². The normalized spacial score (nSPS) is 13.9. The van der Waals surface area contributed by atoms with Crippen LogP contribution in [0.1, 0.15) is 11.3 Å². The van der Waals surface area contributed by atoms with Crippen molar-refractivity contribution in [3.8, 4) is 0 Å². The largest absolute Gasteiger partial charge is 0.358 e. The first-order valence-electron chi connectivity index (χ1n) is 7.61. The molecule has 0 radical (unpaired) electrons. The number of nitrogens with one attached hydrogen (secondary N) is 2. The van der Waals surface area contributed by atoms with Gasteiger partial charge in [0.1, 0.15) is 5.82 Å². The summed E-state index contributed by atoms with van der Waals surface area (Å²) in [5, 5.41) is 3.80. The maximum Gasteiger partial charge on any atom is 0.322 e. The number of hydrogen-bond donors (Lipinski definition) is 2. The second kappa shape index (κ2) is 5.43. The monoisotopic (exact) mass is 309 g/mol. The molecule has 4 rings (SSSR count). The highest BCUT2D eigenvalue weighted by molar-refractivity contribution is 5.91. The van der Waals surface area contributed by atoms with Crippen LogP contribution in [0, 0.1) is 5.82 Å². The van der Waals surface area contributed by atoms with Gasteiger partial charge >= 0.3 is 6.03 Å². The van der Waals surface area contributed by atoms with E-state index in [0.29, 0.717) is 13.1 Å². The molecule has 116 valence electrons. The Morgan fingerprint density at radius 3 is 2.78 bits per heavy atom. The Labute approximate surface area is 132 Å². The molecule has 5 heteroatoms. The molecule has 0 spiro atoms. The van der Waals surface area contributed by atoms with Crippen molar-refractivity contribution >= 4 is 22.6 Å². The number of aromatic nitrogens is 1. The van der Waals surface area contributed by atoms with Crippen molar-refractivity contribution in [2.45, 2.75) is 13.0 Å². The molecule has 0 aliphatic carbocycles. The number of carbonyl (C=O) groups excluding carboxylic acids is 1. The van der Waals surface area contributed by atoms with Crippen LogP contribution in [0.25, 0.3) is 10.9 Å². The highest BCUT2D eigenvalue weighted by Crippen LogP contribution is 2.28. The van der Waals surface area contributed by atoms with Gasteiger partial charge in [-0.3, -0.25) is 0 Å². The van der Waals surface area contributed by atoms with Gasteiger partial charge in [-0.15, -0.1) is 0 Å². The summed E-state index contributed by atoms with van der Waals surface area (Å²) >= 11 is 0. The van der Waals surface area contributed by atoms with E-state index in [1.54, 1.807) is 23.1 Å². The van der Waals surface area contributed by atoms with Crippen LogP contribution in [-0.4, -0.2) is 22.5 Å². The molecule has 0 fully saturated rings. The fourth-order valence-corrected chi connectivity index (χ4v) is 3.10. The molecule has 0 saturated carbocycles. The Hall–Kier alpha value is -2.82. The van der Waals surface area contributed by atoms with Crippen LogP contribution in [0.3, 0.4) is 0 Å². The van der Waals surface area contributed by atoms with E-state index in [2.05, 4.69) is 16.4 Å². The summed E-state index contributed by atoms with van der Waals surface area (Å²) in [6.45, 7) is 1.14. The second-order valence-electron chi connectivity index (χ2n) is 5.71.